The molecule has 1 atom stereocenters. The van der Waals surface area contributed by atoms with Crippen molar-refractivity contribution in [1.29, 1.82) is 0 Å². The van der Waals surface area contributed by atoms with Crippen LogP contribution in [0.15, 0.2) is 24.4 Å². The predicted molar refractivity (Wildman–Crippen MR) is 132 cm³/mol. The number of carbonyl (C=O) groups is 2. The number of methoxy groups -OCH3 is 1. The van der Waals surface area contributed by atoms with E-state index in [2.05, 4.69) is 32.5 Å². The van der Waals surface area contributed by atoms with E-state index in [0.29, 0.717) is 35.2 Å². The second-order valence-electron chi connectivity index (χ2n) is 9.60. The van der Waals surface area contributed by atoms with Gasteiger partial charge in [0.1, 0.15) is 11.4 Å². The lowest BCUT2D eigenvalue weighted by Gasteiger charge is -2.34. The first-order valence-electron chi connectivity index (χ1n) is 11.4. The fourth-order valence-corrected chi connectivity index (χ4v) is 4.68. The van der Waals surface area contributed by atoms with Crippen LogP contribution < -0.4 is 25.2 Å². The second kappa shape index (κ2) is 9.09. The Morgan fingerprint density at radius 3 is 2.68 bits per heavy atom. The summed E-state index contributed by atoms with van der Waals surface area (Å²) in [5.41, 5.74) is 1.26. The minimum Gasteiger partial charge on any atom is -0.495 e. The van der Waals surface area contributed by atoms with E-state index < -0.39 is 5.41 Å². The highest BCUT2D eigenvalue weighted by molar-refractivity contribution is 6.01. The largest absolute Gasteiger partial charge is 0.495 e. The van der Waals surface area contributed by atoms with Gasteiger partial charge in [-0.2, -0.15) is 4.98 Å². The second-order valence-corrected chi connectivity index (χ2v) is 9.60. The Bertz CT molecular complexity index is 1100. The number of nitrogens with zero attached hydrogens (tertiary/aromatic N) is 5. The number of likely N-dealkylation sites (N-methyl/N-ethyl adjacent to an activating group) is 1. The van der Waals surface area contributed by atoms with Crippen molar-refractivity contribution >= 4 is 35.0 Å². The van der Waals surface area contributed by atoms with Gasteiger partial charge in [0.25, 0.3) is 5.91 Å². The van der Waals surface area contributed by atoms with Crippen LogP contribution in [0.3, 0.4) is 0 Å². The van der Waals surface area contributed by atoms with Crippen LogP contribution in [-0.2, 0) is 4.79 Å². The topological polar surface area (TPSA) is 103 Å². The van der Waals surface area contributed by atoms with E-state index in [4.69, 9.17) is 9.72 Å². The summed E-state index contributed by atoms with van der Waals surface area (Å²) in [6, 6.07) is 5.40. The van der Waals surface area contributed by atoms with Crippen molar-refractivity contribution < 1.29 is 14.3 Å². The highest BCUT2D eigenvalue weighted by Crippen LogP contribution is 2.39. The van der Waals surface area contributed by atoms with Gasteiger partial charge < -0.3 is 30.1 Å². The predicted octanol–water partition coefficient (Wildman–Crippen LogP) is 2.10. The minimum atomic E-state index is -0.566. The first-order valence-corrected chi connectivity index (χ1v) is 11.4. The summed E-state index contributed by atoms with van der Waals surface area (Å²) in [6.07, 6.45) is 2.70. The number of carbonyl (C=O) groups excluding carboxylic acids is 2. The fraction of sp³-hybridized carbons (Fsp3) is 0.500. The molecule has 10 nitrogen and oxygen atoms in total. The van der Waals surface area contributed by atoms with E-state index in [1.54, 1.807) is 50.5 Å². The third-order valence-corrected chi connectivity index (χ3v) is 6.58. The van der Waals surface area contributed by atoms with E-state index in [-0.39, 0.29) is 17.9 Å². The van der Waals surface area contributed by atoms with Crippen molar-refractivity contribution in [2.75, 3.05) is 63.0 Å². The lowest BCUT2D eigenvalue weighted by atomic mass is 9.91. The summed E-state index contributed by atoms with van der Waals surface area (Å²) in [4.78, 5) is 40.8. The molecule has 0 radical (unpaired) electrons. The molecule has 2 aromatic rings. The molecule has 2 aliphatic heterocycles. The highest BCUT2D eigenvalue weighted by Gasteiger charge is 2.42. The lowest BCUT2D eigenvalue weighted by molar-refractivity contribution is -0.125. The Balaban J connectivity index is 1.73. The number of likely N-dealkylation sites (tertiary alicyclic amines) is 1. The van der Waals surface area contributed by atoms with Gasteiger partial charge in [0.05, 0.1) is 24.4 Å². The van der Waals surface area contributed by atoms with Crippen LogP contribution >= 0.6 is 0 Å². The summed E-state index contributed by atoms with van der Waals surface area (Å²) >= 11 is 0. The maximum atomic E-state index is 13.2. The third kappa shape index (κ3) is 4.37. The molecule has 2 amide bonds. The standard InChI is InChI=1S/C24H33N7O3/c1-24(2)14-31(16-9-10-29(4)13-16)20-18(30(5)22(24)33)12-26-23(28-20)27-17-8-7-15(21(32)25-3)11-19(17)34-6/h7-8,11-12,16H,9-10,13-14H2,1-6H3,(H,25,32)(H,26,27,28). The Labute approximate surface area is 200 Å². The number of amides is 2. The zero-order valence-corrected chi connectivity index (χ0v) is 20.7. The summed E-state index contributed by atoms with van der Waals surface area (Å²) in [7, 11) is 7.03. The molecule has 4 rings (SSSR count). The summed E-state index contributed by atoms with van der Waals surface area (Å²) in [6.45, 7) is 6.45. The minimum absolute atomic E-state index is 0.0402. The molecule has 182 valence electrons. The first kappa shape index (κ1) is 23.7. The molecular formula is C24H33N7O3. The SMILES string of the molecule is CNC(=O)c1ccc(Nc2ncc3c(n2)N(C2CCN(C)C2)CC(C)(C)C(=O)N3C)c(OC)c1. The number of benzene rings is 1. The van der Waals surface area contributed by atoms with Crippen molar-refractivity contribution in [3.63, 3.8) is 0 Å². The number of anilines is 4. The monoisotopic (exact) mass is 467 g/mol. The van der Waals surface area contributed by atoms with E-state index in [0.717, 1.165) is 25.3 Å². The zero-order chi connectivity index (χ0) is 24.6. The lowest BCUT2D eigenvalue weighted by Crippen LogP contribution is -2.46. The molecule has 0 spiro atoms. The Morgan fingerprint density at radius 1 is 1.26 bits per heavy atom. The number of hydrogen-bond donors (Lipinski definition) is 2. The number of nitrogens with one attached hydrogen (secondary N) is 2. The zero-order valence-electron chi connectivity index (χ0n) is 20.7. The van der Waals surface area contributed by atoms with Gasteiger partial charge in [0.15, 0.2) is 5.82 Å². The Kier molecular flexibility index (Phi) is 6.35. The van der Waals surface area contributed by atoms with Gasteiger partial charge in [-0.15, -0.1) is 0 Å². The first-order chi connectivity index (χ1) is 16.1. The molecule has 1 saturated heterocycles. The fourth-order valence-electron chi connectivity index (χ4n) is 4.68. The van der Waals surface area contributed by atoms with E-state index in [1.165, 1.54) is 0 Å². The van der Waals surface area contributed by atoms with Crippen LogP contribution in [0.2, 0.25) is 0 Å². The van der Waals surface area contributed by atoms with Crippen molar-refractivity contribution in [2.45, 2.75) is 26.3 Å². The molecule has 1 unspecified atom stereocenters. The molecule has 0 saturated carbocycles. The van der Waals surface area contributed by atoms with Crippen LogP contribution in [0.5, 0.6) is 5.75 Å². The van der Waals surface area contributed by atoms with Crippen LogP contribution in [0.1, 0.15) is 30.6 Å². The van der Waals surface area contributed by atoms with E-state index >= 15 is 0 Å². The molecule has 2 aliphatic rings. The van der Waals surface area contributed by atoms with Crippen molar-refractivity contribution in [3.05, 3.63) is 30.0 Å². The normalized spacial score (nSPS) is 20.1. The number of aromatic nitrogens is 2. The molecule has 0 bridgehead atoms. The van der Waals surface area contributed by atoms with Crippen LogP contribution in [0.4, 0.5) is 23.1 Å². The number of hydrogen-bond acceptors (Lipinski definition) is 8. The highest BCUT2D eigenvalue weighted by atomic mass is 16.5. The van der Waals surface area contributed by atoms with Crippen molar-refractivity contribution in [2.24, 2.45) is 5.41 Å². The molecule has 2 N–H and O–H groups in total. The van der Waals surface area contributed by atoms with Gasteiger partial charge in [-0.3, -0.25) is 9.59 Å². The third-order valence-electron chi connectivity index (χ3n) is 6.58. The number of ether oxygens (including phenoxy) is 1. The molecule has 34 heavy (non-hydrogen) atoms. The van der Waals surface area contributed by atoms with Gasteiger partial charge in [0.2, 0.25) is 11.9 Å². The molecule has 3 heterocycles. The van der Waals surface area contributed by atoms with E-state index in [9.17, 15) is 9.59 Å². The molecular weight excluding hydrogens is 434 g/mol. The van der Waals surface area contributed by atoms with Gasteiger partial charge >= 0.3 is 0 Å². The smallest absolute Gasteiger partial charge is 0.251 e. The van der Waals surface area contributed by atoms with Gasteiger partial charge in [0, 0.05) is 38.8 Å². The molecule has 1 aromatic heterocycles. The molecule has 0 aliphatic carbocycles. The summed E-state index contributed by atoms with van der Waals surface area (Å²) in [5.74, 6) is 1.47. The van der Waals surface area contributed by atoms with Crippen LogP contribution in [0.25, 0.3) is 0 Å². The van der Waals surface area contributed by atoms with Gasteiger partial charge in [-0.25, -0.2) is 4.98 Å². The maximum Gasteiger partial charge on any atom is 0.251 e. The average molecular weight is 468 g/mol. The molecule has 10 heteroatoms. The van der Waals surface area contributed by atoms with E-state index in [1.807, 2.05) is 13.8 Å². The van der Waals surface area contributed by atoms with Gasteiger partial charge in [-0.1, -0.05) is 0 Å². The van der Waals surface area contributed by atoms with Gasteiger partial charge in [-0.05, 0) is 52.1 Å². The molecule has 1 fully saturated rings. The van der Waals surface area contributed by atoms with Crippen molar-refractivity contribution in [3.8, 4) is 5.75 Å². The Morgan fingerprint density at radius 2 is 2.03 bits per heavy atom. The quantitative estimate of drug-likeness (QED) is 0.689. The van der Waals surface area contributed by atoms with Crippen LogP contribution in [-0.4, -0.2) is 80.6 Å². The summed E-state index contributed by atoms with van der Waals surface area (Å²) in [5, 5.41) is 5.84. The van der Waals surface area contributed by atoms with Crippen LogP contribution in [0, 0.1) is 5.41 Å². The maximum absolute atomic E-state index is 13.2. The Hall–Kier alpha value is -3.40. The average Bonchev–Trinajstić information content (AvgIpc) is 3.24. The summed E-state index contributed by atoms with van der Waals surface area (Å²) < 4.78 is 5.49. The number of fused-ring (bicyclic) bond motifs is 1. The van der Waals surface area contributed by atoms with Crippen molar-refractivity contribution in [1.82, 2.24) is 20.2 Å². The number of rotatable bonds is 5. The molecule has 1 aromatic carbocycles.